The molecular weight excluding hydrogens is 318 g/mol. The Labute approximate surface area is 142 Å². The lowest BCUT2D eigenvalue weighted by Crippen LogP contribution is -1.94. The summed E-state index contributed by atoms with van der Waals surface area (Å²) in [6.45, 7) is 0.973. The second-order valence-corrected chi connectivity index (χ2v) is 7.01. The molecule has 2 N–H and O–H groups in total. The van der Waals surface area contributed by atoms with Gasteiger partial charge in [0.2, 0.25) is 0 Å². The number of hydrogen-bond donors (Lipinski definition) is 1. The molecule has 1 aromatic carbocycles. The van der Waals surface area contributed by atoms with Gasteiger partial charge >= 0.3 is 0 Å². The van der Waals surface area contributed by atoms with Crippen molar-refractivity contribution in [1.82, 2.24) is 19.7 Å². The predicted octanol–water partition coefficient (Wildman–Crippen LogP) is 3.75. The Morgan fingerprint density at radius 2 is 2.12 bits per heavy atom. The highest BCUT2D eigenvalue weighted by molar-refractivity contribution is 7.22. The van der Waals surface area contributed by atoms with Crippen molar-refractivity contribution >= 4 is 26.7 Å². The molecule has 4 aromatic rings. The van der Waals surface area contributed by atoms with Crippen molar-refractivity contribution in [2.45, 2.75) is 19.4 Å². The second-order valence-electron chi connectivity index (χ2n) is 5.95. The molecule has 118 valence electrons. The van der Waals surface area contributed by atoms with Crippen LogP contribution in [0.25, 0.3) is 32.7 Å². The third-order valence-corrected chi connectivity index (χ3v) is 5.31. The molecule has 0 radical (unpaired) electrons. The zero-order chi connectivity index (χ0) is 16.1. The van der Waals surface area contributed by atoms with E-state index in [0.29, 0.717) is 5.13 Å². The number of fused-ring (bicyclic) bond motifs is 2. The number of thiazole rings is 1. The van der Waals surface area contributed by atoms with Gasteiger partial charge in [-0.25, -0.2) is 4.98 Å². The van der Waals surface area contributed by atoms with Crippen LogP contribution >= 0.6 is 11.3 Å². The number of nitrogens with zero attached hydrogens (tertiary/aromatic N) is 4. The number of hydrogen-bond acceptors (Lipinski definition) is 5. The van der Waals surface area contributed by atoms with E-state index in [1.54, 1.807) is 0 Å². The van der Waals surface area contributed by atoms with E-state index in [-0.39, 0.29) is 0 Å². The molecule has 0 fully saturated rings. The van der Waals surface area contributed by atoms with Crippen molar-refractivity contribution in [3.8, 4) is 22.5 Å². The molecule has 1 aliphatic heterocycles. The van der Waals surface area contributed by atoms with Crippen molar-refractivity contribution in [2.75, 3.05) is 5.73 Å². The largest absolute Gasteiger partial charge is 0.375 e. The first-order valence-corrected chi connectivity index (χ1v) is 8.79. The highest BCUT2D eigenvalue weighted by Gasteiger charge is 2.24. The standard InChI is InChI=1S/C18H15N5S/c19-18-21-13-10-11(6-7-15(13)24-18)16-14-5-3-9-23(14)22-17(16)12-4-1-2-8-20-12/h1-2,4,6-8,10H,3,5,9H2,(H2,19,21). The van der Waals surface area contributed by atoms with Crippen LogP contribution in [0.5, 0.6) is 0 Å². The molecule has 4 heterocycles. The van der Waals surface area contributed by atoms with E-state index in [2.05, 4.69) is 32.8 Å². The zero-order valence-electron chi connectivity index (χ0n) is 12.9. The van der Waals surface area contributed by atoms with Gasteiger partial charge in [0.25, 0.3) is 0 Å². The van der Waals surface area contributed by atoms with Crippen molar-refractivity contribution in [2.24, 2.45) is 0 Å². The summed E-state index contributed by atoms with van der Waals surface area (Å²) < 4.78 is 3.23. The minimum atomic E-state index is 0.604. The van der Waals surface area contributed by atoms with Gasteiger partial charge in [-0.2, -0.15) is 5.10 Å². The molecule has 0 bridgehead atoms. The summed E-state index contributed by atoms with van der Waals surface area (Å²) >= 11 is 1.52. The molecule has 0 saturated carbocycles. The molecule has 1 aliphatic rings. The Morgan fingerprint density at radius 3 is 3.00 bits per heavy atom. The normalized spacial score (nSPS) is 13.5. The number of nitrogen functional groups attached to an aromatic ring is 1. The van der Waals surface area contributed by atoms with E-state index in [1.807, 2.05) is 24.4 Å². The summed E-state index contributed by atoms with van der Waals surface area (Å²) in [6.07, 6.45) is 4.00. The van der Waals surface area contributed by atoms with Gasteiger partial charge in [0.05, 0.1) is 15.9 Å². The minimum Gasteiger partial charge on any atom is -0.375 e. The molecule has 0 unspecified atom stereocenters. The van der Waals surface area contributed by atoms with Gasteiger partial charge in [-0.3, -0.25) is 9.67 Å². The maximum absolute atomic E-state index is 5.85. The van der Waals surface area contributed by atoms with E-state index in [4.69, 9.17) is 10.8 Å². The second kappa shape index (κ2) is 5.14. The van der Waals surface area contributed by atoms with E-state index < -0.39 is 0 Å². The lowest BCUT2D eigenvalue weighted by Gasteiger charge is -2.05. The first-order valence-electron chi connectivity index (χ1n) is 7.97. The maximum atomic E-state index is 5.85. The number of benzene rings is 1. The van der Waals surface area contributed by atoms with Gasteiger partial charge in [0.15, 0.2) is 5.13 Å². The number of rotatable bonds is 2. The molecule has 6 heteroatoms. The summed E-state index contributed by atoms with van der Waals surface area (Å²) in [6, 6.07) is 12.3. The minimum absolute atomic E-state index is 0.604. The van der Waals surface area contributed by atoms with Crippen molar-refractivity contribution in [1.29, 1.82) is 0 Å². The first kappa shape index (κ1) is 13.7. The molecule has 0 atom stereocenters. The fourth-order valence-corrected chi connectivity index (χ4v) is 4.13. The molecule has 0 spiro atoms. The van der Waals surface area contributed by atoms with E-state index in [0.717, 1.165) is 46.6 Å². The van der Waals surface area contributed by atoms with Crippen LogP contribution < -0.4 is 5.73 Å². The summed E-state index contributed by atoms with van der Waals surface area (Å²) in [7, 11) is 0. The van der Waals surface area contributed by atoms with E-state index in [9.17, 15) is 0 Å². The molecule has 0 saturated heterocycles. The number of aromatic nitrogens is 4. The third kappa shape index (κ3) is 2.03. The number of anilines is 1. The maximum Gasteiger partial charge on any atom is 0.181 e. The summed E-state index contributed by atoms with van der Waals surface area (Å²) in [5.41, 5.74) is 12.3. The number of nitrogens with two attached hydrogens (primary N) is 1. The summed E-state index contributed by atoms with van der Waals surface area (Å²) in [4.78, 5) is 8.94. The van der Waals surface area contributed by atoms with Gasteiger partial charge in [-0.05, 0) is 42.7 Å². The topological polar surface area (TPSA) is 69.6 Å². The molecule has 0 aliphatic carbocycles. The van der Waals surface area contributed by atoms with Crippen LogP contribution in [-0.4, -0.2) is 19.7 Å². The van der Waals surface area contributed by atoms with E-state index in [1.165, 1.54) is 22.6 Å². The Hall–Kier alpha value is -2.73. The van der Waals surface area contributed by atoms with Crippen LogP contribution in [0, 0.1) is 0 Å². The van der Waals surface area contributed by atoms with Gasteiger partial charge in [0.1, 0.15) is 5.69 Å². The lowest BCUT2D eigenvalue weighted by atomic mass is 9.99. The monoisotopic (exact) mass is 333 g/mol. The highest BCUT2D eigenvalue weighted by Crippen LogP contribution is 2.38. The van der Waals surface area contributed by atoms with Crippen LogP contribution in [0.2, 0.25) is 0 Å². The number of pyridine rings is 1. The van der Waals surface area contributed by atoms with E-state index >= 15 is 0 Å². The van der Waals surface area contributed by atoms with Gasteiger partial charge in [-0.1, -0.05) is 23.5 Å². The Balaban J connectivity index is 1.76. The third-order valence-electron chi connectivity index (χ3n) is 4.44. The Kier molecular flexibility index (Phi) is 2.93. The molecule has 5 nitrogen and oxygen atoms in total. The summed E-state index contributed by atoms with van der Waals surface area (Å²) in [5, 5.41) is 5.44. The average Bonchev–Trinajstić information content (AvgIpc) is 3.27. The fourth-order valence-electron chi connectivity index (χ4n) is 3.42. The molecule has 5 rings (SSSR count). The van der Waals surface area contributed by atoms with Crippen LogP contribution in [-0.2, 0) is 13.0 Å². The van der Waals surface area contributed by atoms with Crippen LogP contribution in [0.3, 0.4) is 0 Å². The molecular formula is C18H15N5S. The van der Waals surface area contributed by atoms with Gasteiger partial charge in [-0.15, -0.1) is 0 Å². The van der Waals surface area contributed by atoms with Crippen molar-refractivity contribution in [3.63, 3.8) is 0 Å². The smallest absolute Gasteiger partial charge is 0.181 e. The molecule has 3 aromatic heterocycles. The lowest BCUT2D eigenvalue weighted by molar-refractivity contribution is 0.658. The van der Waals surface area contributed by atoms with Crippen LogP contribution in [0.4, 0.5) is 5.13 Å². The quantitative estimate of drug-likeness (QED) is 0.606. The number of aryl methyl sites for hydroxylation is 1. The van der Waals surface area contributed by atoms with Gasteiger partial charge < -0.3 is 5.73 Å². The van der Waals surface area contributed by atoms with Crippen LogP contribution in [0.1, 0.15) is 12.1 Å². The fraction of sp³-hybridized carbons (Fsp3) is 0.167. The zero-order valence-corrected chi connectivity index (χ0v) is 13.8. The Bertz CT molecular complexity index is 1050. The first-order chi connectivity index (χ1) is 11.8. The molecule has 24 heavy (non-hydrogen) atoms. The van der Waals surface area contributed by atoms with Crippen molar-refractivity contribution < 1.29 is 0 Å². The predicted molar refractivity (Wildman–Crippen MR) is 96.8 cm³/mol. The molecule has 0 amide bonds. The van der Waals surface area contributed by atoms with Crippen molar-refractivity contribution in [3.05, 3.63) is 48.3 Å². The summed E-state index contributed by atoms with van der Waals surface area (Å²) in [5.74, 6) is 0. The SMILES string of the molecule is Nc1nc2cc(-c3c(-c4ccccn4)nn4c3CCC4)ccc2s1. The average molecular weight is 333 g/mol. The highest BCUT2D eigenvalue weighted by atomic mass is 32.1. The van der Waals surface area contributed by atoms with Gasteiger partial charge in [0, 0.05) is 24.0 Å². The Morgan fingerprint density at radius 1 is 1.17 bits per heavy atom. The van der Waals surface area contributed by atoms with Crippen LogP contribution in [0.15, 0.2) is 42.6 Å².